The van der Waals surface area contributed by atoms with Crippen molar-refractivity contribution in [2.24, 2.45) is 7.05 Å². The number of unbranched alkanes of at least 4 members (excludes halogenated alkanes) is 4. The van der Waals surface area contributed by atoms with E-state index in [1.54, 1.807) is 48.7 Å². The van der Waals surface area contributed by atoms with E-state index in [1.807, 2.05) is 60.7 Å². The molecule has 3 N–H and O–H groups in total. The number of benzene rings is 3. The van der Waals surface area contributed by atoms with Crippen LogP contribution in [-0.2, 0) is 34.9 Å². The number of imidazole rings is 1. The molecule has 2 atom stereocenters. The number of aryl methyl sites for hydroxylation is 1. The lowest BCUT2D eigenvalue weighted by Gasteiger charge is -2.22. The van der Waals surface area contributed by atoms with Crippen LogP contribution >= 0.6 is 0 Å². The van der Waals surface area contributed by atoms with Gasteiger partial charge in [-0.05, 0) is 52.8 Å². The third kappa shape index (κ3) is 11.8. The average molecular weight is 745 g/mol. The van der Waals surface area contributed by atoms with Crippen LogP contribution in [0.3, 0.4) is 0 Å². The highest BCUT2D eigenvalue weighted by molar-refractivity contribution is 5.98. The lowest BCUT2D eigenvalue weighted by atomic mass is 9.86. The zero-order valence-electron chi connectivity index (χ0n) is 32.4. The number of rotatable bonds is 18. The molecule has 55 heavy (non-hydrogen) atoms. The number of carboxylic acids is 1. The fourth-order valence-corrected chi connectivity index (χ4v) is 6.12. The molecule has 0 bridgehead atoms. The number of carbonyl (C=O) groups is 3. The van der Waals surface area contributed by atoms with Gasteiger partial charge in [-0.2, -0.15) is 0 Å². The largest absolute Gasteiger partial charge is 0.494 e. The minimum Gasteiger partial charge on any atom is -0.494 e. The Balaban J connectivity index is 1.26. The van der Waals surface area contributed by atoms with Gasteiger partial charge in [0.05, 0.1) is 18.6 Å². The van der Waals surface area contributed by atoms with Gasteiger partial charge < -0.3 is 25.0 Å². The molecular formula is C44H52N6O5. The van der Waals surface area contributed by atoms with Gasteiger partial charge in [-0.25, -0.2) is 19.7 Å². The number of carboxylic acid groups (broad SMARTS) is 1. The number of hydrogen-bond acceptors (Lipinski definition) is 7. The highest BCUT2D eigenvalue weighted by Gasteiger charge is 2.28. The van der Waals surface area contributed by atoms with E-state index in [4.69, 9.17) is 4.74 Å². The van der Waals surface area contributed by atoms with Crippen molar-refractivity contribution in [1.82, 2.24) is 30.2 Å². The van der Waals surface area contributed by atoms with Crippen LogP contribution in [0.15, 0.2) is 97.7 Å². The monoisotopic (exact) mass is 744 g/mol. The van der Waals surface area contributed by atoms with Crippen molar-refractivity contribution >= 4 is 17.8 Å². The van der Waals surface area contributed by atoms with E-state index in [2.05, 4.69) is 53.3 Å². The summed E-state index contributed by atoms with van der Waals surface area (Å²) in [5.41, 5.74) is 5.29. The minimum absolute atomic E-state index is 0.0106. The Morgan fingerprint density at radius 3 is 2.02 bits per heavy atom. The SMILES string of the molecule is CCCCCCCOc1ccc(-c2cnc(-c3ccc(C[C@H](NC(=O)c4ccc(C(C)(C)C)cc4)C(=O)N[C@@H](Cc4cn(C)cn4)C(=O)O)cc3)nc2)cc1. The fraction of sp³-hybridized carbons (Fsp3) is 0.364. The minimum atomic E-state index is -1.24. The summed E-state index contributed by atoms with van der Waals surface area (Å²) in [5, 5.41) is 15.4. The Morgan fingerprint density at radius 2 is 1.42 bits per heavy atom. The van der Waals surface area contributed by atoms with Crippen LogP contribution in [0.5, 0.6) is 5.75 Å². The van der Waals surface area contributed by atoms with E-state index in [-0.39, 0.29) is 18.3 Å². The van der Waals surface area contributed by atoms with Crippen molar-refractivity contribution in [2.75, 3.05) is 6.61 Å². The quantitative estimate of drug-likeness (QED) is 0.0790. The molecule has 0 radical (unpaired) electrons. The second-order valence-electron chi connectivity index (χ2n) is 15.0. The molecule has 0 aliphatic rings. The fourth-order valence-electron chi connectivity index (χ4n) is 6.12. The van der Waals surface area contributed by atoms with Crippen LogP contribution in [0.1, 0.15) is 87.0 Å². The Kier molecular flexibility index (Phi) is 13.9. The number of nitrogens with zero attached hydrogens (tertiary/aromatic N) is 4. The average Bonchev–Trinajstić information content (AvgIpc) is 3.60. The summed E-state index contributed by atoms with van der Waals surface area (Å²) in [6, 6.07) is 20.3. The zero-order chi connectivity index (χ0) is 39.4. The lowest BCUT2D eigenvalue weighted by molar-refractivity contribution is -0.142. The van der Waals surface area contributed by atoms with Gasteiger partial charge in [0.15, 0.2) is 5.82 Å². The van der Waals surface area contributed by atoms with Crippen molar-refractivity contribution in [1.29, 1.82) is 0 Å². The zero-order valence-corrected chi connectivity index (χ0v) is 32.4. The standard InChI is InChI=1S/C44H52N6O5/c1-6-7-8-9-10-23-55-37-21-17-31(18-22-37)34-26-45-40(46-27-34)32-13-11-30(12-14-32)24-38(48-41(51)33-15-19-35(20-16-33)44(2,3)4)42(52)49-39(43(53)54)25-36-28-50(5)29-47-36/h11-22,26-29,38-39H,6-10,23-25H2,1-5H3,(H,48,51)(H,49,52)(H,53,54)/t38-,39-/m0/s1. The Morgan fingerprint density at radius 1 is 0.764 bits per heavy atom. The maximum atomic E-state index is 13.7. The molecule has 288 valence electrons. The molecule has 11 nitrogen and oxygen atoms in total. The number of aromatic nitrogens is 4. The number of amides is 2. The van der Waals surface area contributed by atoms with Gasteiger partial charge in [0.25, 0.3) is 5.91 Å². The smallest absolute Gasteiger partial charge is 0.326 e. The molecule has 3 aromatic carbocycles. The summed E-state index contributed by atoms with van der Waals surface area (Å²) in [4.78, 5) is 52.8. The molecule has 0 saturated carbocycles. The normalized spacial score (nSPS) is 12.5. The highest BCUT2D eigenvalue weighted by Crippen LogP contribution is 2.25. The van der Waals surface area contributed by atoms with E-state index in [0.717, 1.165) is 40.0 Å². The van der Waals surface area contributed by atoms with Gasteiger partial charge in [-0.1, -0.05) is 102 Å². The summed E-state index contributed by atoms with van der Waals surface area (Å²) >= 11 is 0. The first-order valence-electron chi connectivity index (χ1n) is 19.0. The Labute approximate surface area is 323 Å². The molecule has 0 saturated heterocycles. The van der Waals surface area contributed by atoms with Gasteiger partial charge in [0, 0.05) is 55.2 Å². The van der Waals surface area contributed by atoms with Crippen molar-refractivity contribution in [2.45, 2.75) is 90.1 Å². The van der Waals surface area contributed by atoms with E-state index >= 15 is 0 Å². The molecular weight excluding hydrogens is 693 g/mol. The number of ether oxygens (including phenoxy) is 1. The number of aliphatic carboxylic acids is 1. The molecule has 2 amide bonds. The number of carbonyl (C=O) groups excluding carboxylic acids is 2. The molecule has 0 fully saturated rings. The molecule has 2 heterocycles. The number of hydrogen-bond donors (Lipinski definition) is 3. The second kappa shape index (κ2) is 19.0. The molecule has 0 aliphatic heterocycles. The van der Waals surface area contributed by atoms with Gasteiger partial charge in [-0.15, -0.1) is 0 Å². The topological polar surface area (TPSA) is 148 Å². The first-order valence-corrected chi connectivity index (χ1v) is 19.0. The van der Waals surface area contributed by atoms with Gasteiger partial charge >= 0.3 is 5.97 Å². The van der Waals surface area contributed by atoms with Gasteiger partial charge in [-0.3, -0.25) is 9.59 Å². The third-order valence-corrected chi connectivity index (χ3v) is 9.43. The highest BCUT2D eigenvalue weighted by atomic mass is 16.5. The summed E-state index contributed by atoms with van der Waals surface area (Å²) < 4.78 is 7.61. The van der Waals surface area contributed by atoms with Crippen LogP contribution in [0.4, 0.5) is 0 Å². The Hall–Kier alpha value is -5.84. The van der Waals surface area contributed by atoms with Crippen molar-refractivity contribution < 1.29 is 24.2 Å². The molecule has 0 spiro atoms. The summed E-state index contributed by atoms with van der Waals surface area (Å²) in [6.07, 6.45) is 12.9. The second-order valence-corrected chi connectivity index (χ2v) is 15.0. The molecule has 5 rings (SSSR count). The predicted molar refractivity (Wildman–Crippen MR) is 214 cm³/mol. The Bertz CT molecular complexity index is 2000. The van der Waals surface area contributed by atoms with Crippen molar-refractivity contribution in [3.8, 4) is 28.3 Å². The van der Waals surface area contributed by atoms with Crippen LogP contribution in [0.25, 0.3) is 22.5 Å². The third-order valence-electron chi connectivity index (χ3n) is 9.43. The molecule has 5 aromatic rings. The summed E-state index contributed by atoms with van der Waals surface area (Å²) in [7, 11) is 1.78. The van der Waals surface area contributed by atoms with E-state index in [9.17, 15) is 19.5 Å². The molecule has 2 aromatic heterocycles. The van der Waals surface area contributed by atoms with E-state index in [0.29, 0.717) is 23.7 Å². The van der Waals surface area contributed by atoms with Crippen LogP contribution < -0.4 is 15.4 Å². The van der Waals surface area contributed by atoms with E-state index in [1.165, 1.54) is 25.7 Å². The lowest BCUT2D eigenvalue weighted by Crippen LogP contribution is -2.53. The maximum Gasteiger partial charge on any atom is 0.326 e. The van der Waals surface area contributed by atoms with Gasteiger partial charge in [0.1, 0.15) is 17.8 Å². The maximum absolute atomic E-state index is 13.7. The molecule has 11 heteroatoms. The molecule has 0 unspecified atom stereocenters. The van der Waals surface area contributed by atoms with Crippen LogP contribution in [0, 0.1) is 0 Å². The summed E-state index contributed by atoms with van der Waals surface area (Å²) in [6.45, 7) is 9.19. The van der Waals surface area contributed by atoms with Crippen LogP contribution in [-0.4, -0.2) is 61.1 Å². The summed E-state index contributed by atoms with van der Waals surface area (Å²) in [5.74, 6) is -0.877. The van der Waals surface area contributed by atoms with E-state index < -0.39 is 29.9 Å². The number of nitrogens with one attached hydrogen (secondary N) is 2. The van der Waals surface area contributed by atoms with Gasteiger partial charge in [0.2, 0.25) is 5.91 Å². The van der Waals surface area contributed by atoms with Crippen LogP contribution in [0.2, 0.25) is 0 Å². The first kappa shape index (κ1) is 40.3. The van der Waals surface area contributed by atoms with Crippen molar-refractivity contribution in [3.63, 3.8) is 0 Å². The predicted octanol–water partition coefficient (Wildman–Crippen LogP) is 7.34. The molecule has 0 aliphatic carbocycles. The van der Waals surface area contributed by atoms with Crippen molar-refractivity contribution in [3.05, 3.63) is 120 Å². The first-order chi connectivity index (χ1) is 26.4.